The van der Waals surface area contributed by atoms with E-state index in [9.17, 15) is 9.90 Å². The van der Waals surface area contributed by atoms with Gasteiger partial charge in [0.1, 0.15) is 0 Å². The number of nitrogens with zero attached hydrogens (tertiary/aromatic N) is 3. The molecule has 22 heavy (non-hydrogen) atoms. The molecule has 2 aromatic heterocycles. The zero-order chi connectivity index (χ0) is 15.4. The van der Waals surface area contributed by atoms with Gasteiger partial charge in [-0.15, -0.1) is 21.5 Å². The first-order chi connectivity index (χ1) is 10.8. The highest BCUT2D eigenvalue weighted by molar-refractivity contribution is 7.99. The average molecular weight is 330 g/mol. The third-order valence-corrected chi connectivity index (χ3v) is 4.72. The van der Waals surface area contributed by atoms with E-state index in [1.54, 1.807) is 11.3 Å². The predicted molar refractivity (Wildman–Crippen MR) is 85.0 cm³/mol. The number of hydrogen-bond donors (Lipinski definition) is 0. The van der Waals surface area contributed by atoms with Crippen LogP contribution in [0.3, 0.4) is 0 Å². The monoisotopic (exact) mass is 330 g/mol. The summed E-state index contributed by atoms with van der Waals surface area (Å²) in [5, 5.41) is 21.7. The predicted octanol–water partition coefficient (Wildman–Crippen LogP) is 2.23. The zero-order valence-electron chi connectivity index (χ0n) is 11.5. The van der Waals surface area contributed by atoms with Crippen molar-refractivity contribution < 1.29 is 9.90 Å². The molecule has 112 valence electrons. The van der Waals surface area contributed by atoms with E-state index in [0.29, 0.717) is 10.9 Å². The number of benzene rings is 1. The summed E-state index contributed by atoms with van der Waals surface area (Å²) in [5.41, 5.74) is 0.951. The Labute approximate surface area is 135 Å². The lowest BCUT2D eigenvalue weighted by molar-refractivity contribution is -0.305. The van der Waals surface area contributed by atoms with Crippen LogP contribution < -0.4 is 5.11 Å². The summed E-state index contributed by atoms with van der Waals surface area (Å²) >= 11 is 2.95. The van der Waals surface area contributed by atoms with Crippen molar-refractivity contribution in [1.82, 2.24) is 14.8 Å². The number of carboxylic acids is 1. The summed E-state index contributed by atoms with van der Waals surface area (Å²) in [7, 11) is 0. The van der Waals surface area contributed by atoms with Crippen LogP contribution in [0.5, 0.6) is 0 Å². The zero-order valence-corrected chi connectivity index (χ0v) is 13.1. The van der Waals surface area contributed by atoms with Gasteiger partial charge in [0.15, 0.2) is 11.0 Å². The smallest absolute Gasteiger partial charge is 0.196 e. The van der Waals surface area contributed by atoms with Crippen LogP contribution in [0.1, 0.15) is 6.42 Å². The van der Waals surface area contributed by atoms with E-state index < -0.39 is 5.97 Å². The summed E-state index contributed by atoms with van der Waals surface area (Å²) in [6, 6.07) is 13.7. The minimum atomic E-state index is -1.06. The molecule has 5 nitrogen and oxygen atoms in total. The molecule has 0 unspecified atom stereocenters. The molecule has 0 spiro atoms. The van der Waals surface area contributed by atoms with Gasteiger partial charge >= 0.3 is 0 Å². The number of carbonyl (C=O) groups is 1. The third-order valence-electron chi connectivity index (χ3n) is 2.93. The van der Waals surface area contributed by atoms with Crippen LogP contribution >= 0.6 is 23.1 Å². The number of rotatable bonds is 6. The second kappa shape index (κ2) is 6.76. The van der Waals surface area contributed by atoms with Crippen molar-refractivity contribution in [3.05, 3.63) is 47.8 Å². The Morgan fingerprint density at radius 1 is 1.18 bits per heavy atom. The van der Waals surface area contributed by atoms with E-state index in [1.807, 2.05) is 52.4 Å². The number of thioether (sulfide) groups is 1. The molecule has 3 aromatic rings. The largest absolute Gasteiger partial charge is 0.550 e. The van der Waals surface area contributed by atoms with E-state index >= 15 is 0 Å². The molecule has 7 heteroatoms. The maximum atomic E-state index is 10.6. The van der Waals surface area contributed by atoms with E-state index in [0.717, 1.165) is 16.4 Å². The summed E-state index contributed by atoms with van der Waals surface area (Å²) < 4.78 is 1.95. The van der Waals surface area contributed by atoms with Crippen LogP contribution in [-0.2, 0) is 4.79 Å². The van der Waals surface area contributed by atoms with Gasteiger partial charge in [-0.2, -0.15) is 0 Å². The Balaban J connectivity index is 1.98. The van der Waals surface area contributed by atoms with Crippen LogP contribution in [0.4, 0.5) is 0 Å². The second-order valence-corrected chi connectivity index (χ2v) is 6.43. The molecule has 0 saturated carbocycles. The van der Waals surface area contributed by atoms with E-state index in [1.165, 1.54) is 11.8 Å². The highest BCUT2D eigenvalue weighted by atomic mass is 32.2. The maximum absolute atomic E-state index is 10.6. The third kappa shape index (κ3) is 3.20. The van der Waals surface area contributed by atoms with E-state index in [2.05, 4.69) is 10.2 Å². The fourth-order valence-corrected chi connectivity index (χ4v) is 3.53. The maximum Gasteiger partial charge on any atom is 0.196 e. The molecule has 0 aliphatic carbocycles. The molecule has 0 atom stereocenters. The van der Waals surface area contributed by atoms with Crippen molar-refractivity contribution >= 4 is 29.1 Å². The first-order valence-corrected chi connectivity index (χ1v) is 8.49. The van der Waals surface area contributed by atoms with Gasteiger partial charge in [0.2, 0.25) is 0 Å². The molecule has 2 heterocycles. The lowest BCUT2D eigenvalue weighted by Crippen LogP contribution is -2.22. The number of thiophene rings is 1. The Kier molecular flexibility index (Phi) is 4.55. The highest BCUT2D eigenvalue weighted by Crippen LogP contribution is 2.30. The molecular weight excluding hydrogens is 318 g/mol. The fraction of sp³-hybridized carbons (Fsp3) is 0.133. The van der Waals surface area contributed by atoms with Crippen molar-refractivity contribution in [3.8, 4) is 16.4 Å². The minimum absolute atomic E-state index is 0.0132. The lowest BCUT2D eigenvalue weighted by Gasteiger charge is -2.09. The Hall–Kier alpha value is -2.12. The minimum Gasteiger partial charge on any atom is -0.550 e. The van der Waals surface area contributed by atoms with E-state index in [-0.39, 0.29) is 6.42 Å². The van der Waals surface area contributed by atoms with Gasteiger partial charge in [-0.1, -0.05) is 36.0 Å². The normalized spacial score (nSPS) is 10.7. The fourth-order valence-electron chi connectivity index (χ4n) is 1.96. The highest BCUT2D eigenvalue weighted by Gasteiger charge is 2.16. The molecule has 0 aliphatic heterocycles. The van der Waals surface area contributed by atoms with Crippen LogP contribution in [-0.4, -0.2) is 26.5 Å². The van der Waals surface area contributed by atoms with Gasteiger partial charge in [0.25, 0.3) is 0 Å². The summed E-state index contributed by atoms with van der Waals surface area (Å²) in [6.45, 7) is 0. The summed E-state index contributed by atoms with van der Waals surface area (Å²) in [5.74, 6) is 0.103. The van der Waals surface area contributed by atoms with Crippen molar-refractivity contribution in [2.75, 3.05) is 5.75 Å². The molecule has 1 aromatic carbocycles. The van der Waals surface area contributed by atoms with Gasteiger partial charge in [-0.3, -0.25) is 4.57 Å². The molecule has 0 radical (unpaired) electrons. The molecular formula is C15H12N3O2S2-. The Morgan fingerprint density at radius 3 is 2.68 bits per heavy atom. The van der Waals surface area contributed by atoms with E-state index in [4.69, 9.17) is 0 Å². The van der Waals surface area contributed by atoms with Gasteiger partial charge in [-0.05, 0) is 30.0 Å². The number of para-hydroxylation sites is 1. The standard InChI is InChI=1S/C15H13N3O2S2/c19-13(20)8-10-22-15-17-16-14(12-7-4-9-21-12)18(15)11-5-2-1-3-6-11/h1-7,9H,8,10H2,(H,19,20)/p-1. The number of aromatic nitrogens is 3. The van der Waals surface area contributed by atoms with Gasteiger partial charge < -0.3 is 9.90 Å². The van der Waals surface area contributed by atoms with Gasteiger partial charge in [0, 0.05) is 17.4 Å². The molecule has 0 aliphatic rings. The molecule has 3 rings (SSSR count). The quantitative estimate of drug-likeness (QED) is 0.648. The topological polar surface area (TPSA) is 70.8 Å². The second-order valence-electron chi connectivity index (χ2n) is 4.42. The van der Waals surface area contributed by atoms with Gasteiger partial charge in [-0.25, -0.2) is 0 Å². The van der Waals surface area contributed by atoms with Crippen molar-refractivity contribution in [2.45, 2.75) is 11.6 Å². The Morgan fingerprint density at radius 2 is 2.00 bits per heavy atom. The Bertz CT molecular complexity index is 754. The first kappa shape index (κ1) is 14.8. The van der Waals surface area contributed by atoms with Gasteiger partial charge in [0.05, 0.1) is 4.88 Å². The van der Waals surface area contributed by atoms with Crippen molar-refractivity contribution in [1.29, 1.82) is 0 Å². The van der Waals surface area contributed by atoms with Crippen LogP contribution in [0, 0.1) is 0 Å². The number of carboxylic acid groups (broad SMARTS) is 1. The van der Waals surface area contributed by atoms with Crippen LogP contribution in [0.2, 0.25) is 0 Å². The molecule has 0 bridgehead atoms. The number of hydrogen-bond acceptors (Lipinski definition) is 6. The molecule has 0 N–H and O–H groups in total. The first-order valence-electron chi connectivity index (χ1n) is 6.63. The summed E-state index contributed by atoms with van der Waals surface area (Å²) in [6.07, 6.45) is -0.0132. The molecule has 0 saturated heterocycles. The van der Waals surface area contributed by atoms with Crippen molar-refractivity contribution in [3.63, 3.8) is 0 Å². The molecule has 0 fully saturated rings. The SMILES string of the molecule is O=C([O-])CCSc1nnc(-c2cccs2)n1-c1ccccc1. The number of carbonyl (C=O) groups excluding carboxylic acids is 1. The van der Waals surface area contributed by atoms with Crippen molar-refractivity contribution in [2.24, 2.45) is 0 Å². The van der Waals surface area contributed by atoms with Crippen LogP contribution in [0.25, 0.3) is 16.4 Å². The number of aliphatic carboxylic acids is 1. The lowest BCUT2D eigenvalue weighted by atomic mass is 10.3. The molecule has 0 amide bonds. The van der Waals surface area contributed by atoms with Crippen LogP contribution in [0.15, 0.2) is 53.0 Å². The summed E-state index contributed by atoms with van der Waals surface area (Å²) in [4.78, 5) is 11.6. The average Bonchev–Trinajstić information content (AvgIpc) is 3.16.